The molecule has 1 aromatic carbocycles. The lowest BCUT2D eigenvalue weighted by atomic mass is 10.1. The molecule has 0 aliphatic heterocycles. The number of benzene rings is 1. The Morgan fingerprint density at radius 1 is 1.25 bits per heavy atom. The SMILES string of the molecule is C=CCn1c(Cc2ccccc2)nnc1SCCCC. The highest BCUT2D eigenvalue weighted by atomic mass is 32.2. The number of hydrogen-bond acceptors (Lipinski definition) is 3. The second kappa shape index (κ2) is 7.90. The Hall–Kier alpha value is -1.55. The monoisotopic (exact) mass is 287 g/mol. The van der Waals surface area contributed by atoms with E-state index in [-0.39, 0.29) is 0 Å². The predicted octanol–water partition coefficient (Wildman–Crippen LogP) is 3.95. The van der Waals surface area contributed by atoms with Crippen molar-refractivity contribution in [2.45, 2.75) is 37.9 Å². The lowest BCUT2D eigenvalue weighted by molar-refractivity contribution is 0.690. The van der Waals surface area contributed by atoms with Gasteiger partial charge >= 0.3 is 0 Å². The zero-order valence-corrected chi connectivity index (χ0v) is 12.8. The number of rotatable bonds is 8. The van der Waals surface area contributed by atoms with Crippen molar-refractivity contribution in [3.63, 3.8) is 0 Å². The molecule has 0 saturated carbocycles. The van der Waals surface area contributed by atoms with E-state index >= 15 is 0 Å². The fourth-order valence-electron chi connectivity index (χ4n) is 1.96. The average Bonchev–Trinajstić information content (AvgIpc) is 2.84. The Morgan fingerprint density at radius 2 is 2.05 bits per heavy atom. The molecule has 2 rings (SSSR count). The first kappa shape index (κ1) is 14.9. The topological polar surface area (TPSA) is 30.7 Å². The Morgan fingerprint density at radius 3 is 2.75 bits per heavy atom. The Balaban J connectivity index is 2.13. The molecular weight excluding hydrogens is 266 g/mol. The summed E-state index contributed by atoms with van der Waals surface area (Å²) in [5.41, 5.74) is 1.26. The minimum atomic E-state index is 0.767. The van der Waals surface area contributed by atoms with Crippen molar-refractivity contribution in [2.75, 3.05) is 5.75 Å². The van der Waals surface area contributed by atoms with Crippen molar-refractivity contribution < 1.29 is 0 Å². The molecule has 106 valence electrons. The molecular formula is C16H21N3S. The first-order valence-corrected chi connectivity index (χ1v) is 8.03. The third-order valence-corrected chi connectivity index (χ3v) is 4.09. The number of thioether (sulfide) groups is 1. The number of hydrogen-bond donors (Lipinski definition) is 0. The molecule has 0 spiro atoms. The van der Waals surface area contributed by atoms with Crippen LogP contribution in [0.25, 0.3) is 0 Å². The van der Waals surface area contributed by atoms with Gasteiger partial charge in [-0.05, 0) is 12.0 Å². The third-order valence-electron chi connectivity index (χ3n) is 3.04. The van der Waals surface area contributed by atoms with Crippen molar-refractivity contribution in [1.82, 2.24) is 14.8 Å². The van der Waals surface area contributed by atoms with Gasteiger partial charge in [0.05, 0.1) is 0 Å². The highest BCUT2D eigenvalue weighted by molar-refractivity contribution is 7.99. The summed E-state index contributed by atoms with van der Waals surface area (Å²) < 4.78 is 2.17. The second-order valence-corrected chi connectivity index (χ2v) is 5.72. The molecule has 0 unspecified atom stereocenters. The van der Waals surface area contributed by atoms with Crippen LogP contribution >= 0.6 is 11.8 Å². The minimum absolute atomic E-state index is 0.767. The van der Waals surface area contributed by atoms with Gasteiger partial charge in [0.15, 0.2) is 5.16 Å². The van der Waals surface area contributed by atoms with Crippen molar-refractivity contribution in [3.05, 3.63) is 54.4 Å². The Labute approximate surface area is 125 Å². The molecule has 2 aromatic rings. The number of unbranched alkanes of at least 4 members (excludes halogenated alkanes) is 1. The molecule has 0 saturated heterocycles. The van der Waals surface area contributed by atoms with Crippen LogP contribution in [0.15, 0.2) is 48.1 Å². The van der Waals surface area contributed by atoms with Gasteiger partial charge in [-0.2, -0.15) is 0 Å². The molecule has 0 amide bonds. The maximum Gasteiger partial charge on any atom is 0.191 e. The summed E-state index contributed by atoms with van der Waals surface area (Å²) in [6, 6.07) is 10.4. The van der Waals surface area contributed by atoms with Crippen LogP contribution in [0.4, 0.5) is 0 Å². The molecule has 0 fully saturated rings. The fraction of sp³-hybridized carbons (Fsp3) is 0.375. The van der Waals surface area contributed by atoms with E-state index in [1.165, 1.54) is 18.4 Å². The second-order valence-electron chi connectivity index (χ2n) is 4.66. The molecule has 4 heteroatoms. The maximum absolute atomic E-state index is 4.35. The van der Waals surface area contributed by atoms with Gasteiger partial charge in [0.2, 0.25) is 0 Å². The predicted molar refractivity (Wildman–Crippen MR) is 85.1 cm³/mol. The molecule has 0 atom stereocenters. The maximum atomic E-state index is 4.35. The largest absolute Gasteiger partial charge is 0.302 e. The standard InChI is InChI=1S/C16H21N3S/c1-3-5-12-20-16-18-17-15(19(16)11-4-2)13-14-9-7-6-8-10-14/h4,6-10H,2-3,5,11-13H2,1H3. The molecule has 0 N–H and O–H groups in total. The van der Waals surface area contributed by atoms with Gasteiger partial charge in [-0.1, -0.05) is 61.5 Å². The zero-order valence-electron chi connectivity index (χ0n) is 12.0. The number of allylic oxidation sites excluding steroid dienone is 1. The minimum Gasteiger partial charge on any atom is -0.302 e. The van der Waals surface area contributed by atoms with Crippen LogP contribution in [-0.2, 0) is 13.0 Å². The van der Waals surface area contributed by atoms with E-state index in [1.807, 2.05) is 12.1 Å². The van der Waals surface area contributed by atoms with Gasteiger partial charge in [0.1, 0.15) is 5.82 Å². The summed E-state index contributed by atoms with van der Waals surface area (Å²) in [5, 5.41) is 9.69. The van der Waals surface area contributed by atoms with Crippen molar-refractivity contribution in [3.8, 4) is 0 Å². The van der Waals surface area contributed by atoms with E-state index in [2.05, 4.69) is 52.5 Å². The smallest absolute Gasteiger partial charge is 0.191 e. The Bertz CT molecular complexity index is 534. The van der Waals surface area contributed by atoms with Gasteiger partial charge in [0.25, 0.3) is 0 Å². The van der Waals surface area contributed by atoms with E-state index in [9.17, 15) is 0 Å². The zero-order chi connectivity index (χ0) is 14.2. The van der Waals surface area contributed by atoms with E-state index in [4.69, 9.17) is 0 Å². The van der Waals surface area contributed by atoms with Crippen LogP contribution in [0.5, 0.6) is 0 Å². The van der Waals surface area contributed by atoms with E-state index in [0.29, 0.717) is 0 Å². The summed E-state index contributed by atoms with van der Waals surface area (Å²) >= 11 is 1.78. The van der Waals surface area contributed by atoms with Crippen molar-refractivity contribution in [2.24, 2.45) is 0 Å². The van der Waals surface area contributed by atoms with Crippen LogP contribution in [0.1, 0.15) is 31.2 Å². The van der Waals surface area contributed by atoms with E-state index < -0.39 is 0 Å². The van der Waals surface area contributed by atoms with Crippen LogP contribution < -0.4 is 0 Å². The molecule has 1 heterocycles. The molecule has 0 aliphatic rings. The molecule has 3 nitrogen and oxygen atoms in total. The first-order valence-electron chi connectivity index (χ1n) is 7.04. The van der Waals surface area contributed by atoms with E-state index in [0.717, 1.165) is 29.7 Å². The van der Waals surface area contributed by atoms with Crippen LogP contribution in [0, 0.1) is 0 Å². The quantitative estimate of drug-likeness (QED) is 0.418. The van der Waals surface area contributed by atoms with Crippen LogP contribution in [0.2, 0.25) is 0 Å². The lowest BCUT2D eigenvalue weighted by Crippen LogP contribution is -2.05. The highest BCUT2D eigenvalue weighted by Gasteiger charge is 2.11. The van der Waals surface area contributed by atoms with E-state index in [1.54, 1.807) is 11.8 Å². The summed E-state index contributed by atoms with van der Waals surface area (Å²) in [6.45, 7) is 6.81. The van der Waals surface area contributed by atoms with Gasteiger partial charge in [-0.15, -0.1) is 16.8 Å². The number of aromatic nitrogens is 3. The molecule has 1 aromatic heterocycles. The summed E-state index contributed by atoms with van der Waals surface area (Å²) in [5.74, 6) is 2.10. The number of nitrogens with zero attached hydrogens (tertiary/aromatic N) is 3. The third kappa shape index (κ3) is 3.97. The lowest BCUT2D eigenvalue weighted by Gasteiger charge is -2.07. The van der Waals surface area contributed by atoms with Gasteiger partial charge in [0, 0.05) is 18.7 Å². The first-order chi connectivity index (χ1) is 9.85. The summed E-state index contributed by atoms with van der Waals surface area (Å²) in [6.07, 6.45) is 5.14. The van der Waals surface area contributed by atoms with Crippen molar-refractivity contribution in [1.29, 1.82) is 0 Å². The summed E-state index contributed by atoms with van der Waals surface area (Å²) in [7, 11) is 0. The van der Waals surface area contributed by atoms with Gasteiger partial charge < -0.3 is 4.57 Å². The van der Waals surface area contributed by atoms with Crippen molar-refractivity contribution >= 4 is 11.8 Å². The average molecular weight is 287 g/mol. The van der Waals surface area contributed by atoms with Crippen LogP contribution in [-0.4, -0.2) is 20.5 Å². The molecule has 0 bridgehead atoms. The molecule has 0 radical (unpaired) electrons. The Kier molecular flexibility index (Phi) is 5.87. The van der Waals surface area contributed by atoms with Gasteiger partial charge in [-0.3, -0.25) is 0 Å². The highest BCUT2D eigenvalue weighted by Crippen LogP contribution is 2.20. The summed E-state index contributed by atoms with van der Waals surface area (Å²) in [4.78, 5) is 0. The molecule has 0 aliphatic carbocycles. The fourth-order valence-corrected chi connectivity index (χ4v) is 3.01. The van der Waals surface area contributed by atoms with Gasteiger partial charge in [-0.25, -0.2) is 0 Å². The normalized spacial score (nSPS) is 10.7. The van der Waals surface area contributed by atoms with Crippen LogP contribution in [0.3, 0.4) is 0 Å². The molecule has 20 heavy (non-hydrogen) atoms.